The van der Waals surface area contributed by atoms with Gasteiger partial charge in [-0.3, -0.25) is 0 Å². The minimum Gasteiger partial charge on any atom is -0.443 e. The third-order valence-electron chi connectivity index (χ3n) is 3.32. The van der Waals surface area contributed by atoms with Gasteiger partial charge >= 0.3 is 6.18 Å². The molecule has 0 aliphatic carbocycles. The first kappa shape index (κ1) is 15.1. The Morgan fingerprint density at radius 2 is 1.86 bits per heavy atom. The molecule has 0 N–H and O–H groups in total. The van der Waals surface area contributed by atoms with Crippen LogP contribution in [0.25, 0.3) is 28.3 Å². The molecule has 3 aromatic rings. The summed E-state index contributed by atoms with van der Waals surface area (Å²) in [6.07, 6.45) is -1.35. The molecule has 0 fully saturated rings. The number of alkyl halides is 3. The van der Waals surface area contributed by atoms with Gasteiger partial charge in [-0.1, -0.05) is 24.8 Å². The Morgan fingerprint density at radius 1 is 1.18 bits per heavy atom. The average Bonchev–Trinajstić information content (AvgIpc) is 2.95. The molecular formula is C16H9F3INO. The Kier molecular flexibility index (Phi) is 3.72. The van der Waals surface area contributed by atoms with Crippen molar-refractivity contribution in [3.05, 3.63) is 58.0 Å². The van der Waals surface area contributed by atoms with E-state index in [4.69, 9.17) is 4.42 Å². The highest BCUT2D eigenvalue weighted by atomic mass is 127. The molecule has 0 aliphatic rings. The molecule has 112 valence electrons. The second kappa shape index (κ2) is 5.42. The molecule has 1 heterocycles. The first-order chi connectivity index (χ1) is 10.4. The summed E-state index contributed by atoms with van der Waals surface area (Å²) in [4.78, 5) is 4.18. The summed E-state index contributed by atoms with van der Waals surface area (Å²) >= 11 is 2.14. The third kappa shape index (κ3) is 2.51. The van der Waals surface area contributed by atoms with Gasteiger partial charge in [0.05, 0.1) is 5.56 Å². The first-order valence-electron chi connectivity index (χ1n) is 6.27. The molecule has 0 aliphatic heterocycles. The number of aromatic nitrogens is 1. The second-order valence-electron chi connectivity index (χ2n) is 4.63. The molecule has 2 nitrogen and oxygen atoms in total. The van der Waals surface area contributed by atoms with Crippen LogP contribution < -0.4 is 0 Å². The Balaban J connectivity index is 2.19. The van der Waals surface area contributed by atoms with Crippen molar-refractivity contribution in [1.29, 1.82) is 0 Å². The predicted octanol–water partition coefficient (Wildman–Crippen LogP) is 5.76. The zero-order valence-corrected chi connectivity index (χ0v) is 13.3. The van der Waals surface area contributed by atoms with E-state index in [0.29, 0.717) is 16.7 Å². The van der Waals surface area contributed by atoms with Gasteiger partial charge in [-0.25, -0.2) is 4.98 Å². The Morgan fingerprint density at radius 3 is 2.45 bits per heavy atom. The van der Waals surface area contributed by atoms with Crippen molar-refractivity contribution in [3.63, 3.8) is 0 Å². The first-order valence-corrected chi connectivity index (χ1v) is 7.35. The van der Waals surface area contributed by atoms with E-state index in [9.17, 15) is 13.2 Å². The van der Waals surface area contributed by atoms with Crippen molar-refractivity contribution in [2.24, 2.45) is 0 Å². The van der Waals surface area contributed by atoms with E-state index in [1.165, 1.54) is 18.5 Å². The minimum absolute atomic E-state index is 0.580. The van der Waals surface area contributed by atoms with Crippen molar-refractivity contribution in [2.75, 3.05) is 0 Å². The summed E-state index contributed by atoms with van der Waals surface area (Å²) in [5, 5.41) is 0. The highest BCUT2D eigenvalue weighted by Gasteiger charge is 2.30. The number of hydrogen-bond acceptors (Lipinski definition) is 2. The number of nitrogens with zero attached hydrogens (tertiary/aromatic N) is 1. The largest absolute Gasteiger partial charge is 0.443 e. The number of hydrogen-bond donors (Lipinski definition) is 0. The lowest BCUT2D eigenvalue weighted by atomic mass is 10.0. The van der Waals surface area contributed by atoms with Gasteiger partial charge in [-0.05, 0) is 46.4 Å². The maximum Gasteiger partial charge on any atom is 0.416 e. The molecule has 0 spiro atoms. The SMILES string of the molecule is C=Cc1c(I)cc(-c2ccc(C(F)(F)F)cc2)c2ncoc12. The lowest BCUT2D eigenvalue weighted by Gasteiger charge is -2.09. The van der Waals surface area contributed by atoms with Crippen LogP contribution in [-0.4, -0.2) is 4.98 Å². The monoisotopic (exact) mass is 415 g/mol. The number of fused-ring (bicyclic) bond motifs is 1. The molecule has 0 amide bonds. The van der Waals surface area contributed by atoms with E-state index >= 15 is 0 Å². The van der Waals surface area contributed by atoms with Crippen LogP contribution in [-0.2, 0) is 6.18 Å². The van der Waals surface area contributed by atoms with Gasteiger partial charge in [0.2, 0.25) is 0 Å². The summed E-state index contributed by atoms with van der Waals surface area (Å²) < 4.78 is 44.2. The van der Waals surface area contributed by atoms with E-state index in [0.717, 1.165) is 26.8 Å². The van der Waals surface area contributed by atoms with Gasteiger partial charge in [0.15, 0.2) is 12.0 Å². The van der Waals surface area contributed by atoms with Gasteiger partial charge in [-0.15, -0.1) is 0 Å². The highest BCUT2D eigenvalue weighted by molar-refractivity contribution is 14.1. The average molecular weight is 415 g/mol. The zero-order valence-electron chi connectivity index (χ0n) is 11.1. The maximum absolute atomic E-state index is 12.6. The topological polar surface area (TPSA) is 26.0 Å². The third-order valence-corrected chi connectivity index (χ3v) is 4.22. The van der Waals surface area contributed by atoms with Gasteiger partial charge in [0.25, 0.3) is 0 Å². The van der Waals surface area contributed by atoms with E-state index < -0.39 is 11.7 Å². The van der Waals surface area contributed by atoms with Gasteiger partial charge in [0.1, 0.15) is 5.52 Å². The number of rotatable bonds is 2. The number of benzene rings is 2. The standard InChI is InChI=1S/C16H9F3INO/c1-2-11-13(20)7-12(14-15(11)22-8-21-14)9-3-5-10(6-4-9)16(17,18)19/h2-8H,1H2. The number of halogens is 4. The van der Waals surface area contributed by atoms with E-state index in [-0.39, 0.29) is 0 Å². The Bertz CT molecular complexity index is 850. The van der Waals surface area contributed by atoms with Gasteiger partial charge < -0.3 is 4.42 Å². The summed E-state index contributed by atoms with van der Waals surface area (Å²) in [7, 11) is 0. The quantitative estimate of drug-likeness (QED) is 0.498. The molecule has 0 saturated carbocycles. The minimum atomic E-state index is -4.34. The van der Waals surface area contributed by atoms with Crippen molar-refractivity contribution >= 4 is 39.8 Å². The van der Waals surface area contributed by atoms with E-state index in [2.05, 4.69) is 34.2 Å². The zero-order chi connectivity index (χ0) is 15.9. The summed E-state index contributed by atoms with van der Waals surface area (Å²) in [6, 6.07) is 6.88. The molecule has 0 radical (unpaired) electrons. The maximum atomic E-state index is 12.6. The van der Waals surface area contributed by atoms with Crippen LogP contribution in [0.2, 0.25) is 0 Å². The normalized spacial score (nSPS) is 11.8. The van der Waals surface area contributed by atoms with Crippen LogP contribution in [0.4, 0.5) is 13.2 Å². The van der Waals surface area contributed by atoms with Gasteiger partial charge in [-0.2, -0.15) is 13.2 Å². The molecule has 6 heteroatoms. The van der Waals surface area contributed by atoms with Crippen LogP contribution in [0.1, 0.15) is 11.1 Å². The number of oxazole rings is 1. The van der Waals surface area contributed by atoms with Crippen LogP contribution in [0, 0.1) is 3.57 Å². The summed E-state index contributed by atoms with van der Waals surface area (Å²) in [5.41, 5.74) is 2.72. The molecule has 22 heavy (non-hydrogen) atoms. The lowest BCUT2D eigenvalue weighted by molar-refractivity contribution is -0.137. The molecule has 0 saturated heterocycles. The smallest absolute Gasteiger partial charge is 0.416 e. The highest BCUT2D eigenvalue weighted by Crippen LogP contribution is 2.35. The van der Waals surface area contributed by atoms with E-state index in [1.807, 2.05) is 6.07 Å². The van der Waals surface area contributed by atoms with Gasteiger partial charge in [0, 0.05) is 14.7 Å². The van der Waals surface area contributed by atoms with Crippen LogP contribution in [0.5, 0.6) is 0 Å². The van der Waals surface area contributed by atoms with Crippen LogP contribution in [0.15, 0.2) is 47.7 Å². The summed E-state index contributed by atoms with van der Waals surface area (Å²) in [5.74, 6) is 0. The van der Waals surface area contributed by atoms with Crippen molar-refractivity contribution in [2.45, 2.75) is 6.18 Å². The molecule has 1 aromatic heterocycles. The van der Waals surface area contributed by atoms with E-state index in [1.54, 1.807) is 6.08 Å². The van der Waals surface area contributed by atoms with Crippen LogP contribution in [0.3, 0.4) is 0 Å². The fraction of sp³-hybridized carbons (Fsp3) is 0.0625. The molecular weight excluding hydrogens is 406 g/mol. The van der Waals surface area contributed by atoms with Crippen molar-refractivity contribution in [1.82, 2.24) is 4.98 Å². The van der Waals surface area contributed by atoms with Crippen molar-refractivity contribution in [3.8, 4) is 11.1 Å². The predicted molar refractivity (Wildman–Crippen MR) is 87.3 cm³/mol. The Hall–Kier alpha value is -1.83. The van der Waals surface area contributed by atoms with Crippen LogP contribution >= 0.6 is 22.6 Å². The molecule has 0 atom stereocenters. The fourth-order valence-electron chi connectivity index (χ4n) is 2.26. The molecule has 2 aromatic carbocycles. The molecule has 0 bridgehead atoms. The van der Waals surface area contributed by atoms with Crippen molar-refractivity contribution < 1.29 is 17.6 Å². The molecule has 0 unspecified atom stereocenters. The Labute approximate surface area is 137 Å². The molecule has 3 rings (SSSR count). The lowest BCUT2D eigenvalue weighted by Crippen LogP contribution is -2.04. The fourth-order valence-corrected chi connectivity index (χ4v) is 3.04. The summed E-state index contributed by atoms with van der Waals surface area (Å²) in [6.45, 7) is 3.74. The second-order valence-corrected chi connectivity index (χ2v) is 5.79.